The van der Waals surface area contributed by atoms with Gasteiger partial charge in [0.05, 0.1) is 5.25 Å². The van der Waals surface area contributed by atoms with Gasteiger partial charge in [-0.15, -0.1) is 0 Å². The number of rotatable bonds is 3. The van der Waals surface area contributed by atoms with E-state index in [1.54, 1.807) is 0 Å². The minimum absolute atomic E-state index is 0.877. The van der Waals surface area contributed by atoms with Crippen molar-refractivity contribution in [3.63, 3.8) is 0 Å². The van der Waals surface area contributed by atoms with Crippen LogP contribution in [0.3, 0.4) is 0 Å². The summed E-state index contributed by atoms with van der Waals surface area (Å²) < 4.78 is 0. The predicted octanol–water partition coefficient (Wildman–Crippen LogP) is 2.32. The summed E-state index contributed by atoms with van der Waals surface area (Å²) in [6.07, 6.45) is 5.87. The highest BCUT2D eigenvalue weighted by Gasteiger charge is 2.43. The fraction of sp³-hybridized carbons (Fsp3) is 1.00. The molecular weight excluding hydrogens is 192 g/mol. The summed E-state index contributed by atoms with van der Waals surface area (Å²) in [6, 6.07) is 0. The zero-order chi connectivity index (χ0) is 8.27. The first-order valence-electron chi connectivity index (χ1n) is 3.95. The summed E-state index contributed by atoms with van der Waals surface area (Å²) in [5.41, 5.74) is 0. The van der Waals surface area contributed by atoms with Crippen LogP contribution < -0.4 is 0 Å². The van der Waals surface area contributed by atoms with E-state index in [1.165, 1.54) is 12.2 Å². The SMILES string of the molecule is CSCC1CC(SC)C(C)[S+]1. The molecule has 0 amide bonds. The number of hydrogen-bond donors (Lipinski definition) is 0. The lowest BCUT2D eigenvalue weighted by Crippen LogP contribution is -2.11. The van der Waals surface area contributed by atoms with Gasteiger partial charge < -0.3 is 0 Å². The van der Waals surface area contributed by atoms with Crippen molar-refractivity contribution in [2.24, 2.45) is 0 Å². The smallest absolute Gasteiger partial charge is 0.160 e. The van der Waals surface area contributed by atoms with Crippen LogP contribution in [0, 0.1) is 0 Å². The zero-order valence-corrected chi connectivity index (χ0v) is 9.82. The first kappa shape index (κ1) is 10.1. The molecule has 1 saturated heterocycles. The summed E-state index contributed by atoms with van der Waals surface area (Å²) in [5, 5.41) is 2.72. The maximum absolute atomic E-state index is 2.37. The Bertz CT molecular complexity index is 116. The summed E-state index contributed by atoms with van der Waals surface area (Å²) in [5.74, 6) is 1.34. The molecule has 1 heterocycles. The van der Waals surface area contributed by atoms with Gasteiger partial charge in [-0.05, 0) is 19.4 Å². The summed E-state index contributed by atoms with van der Waals surface area (Å²) >= 11 is 6.20. The second kappa shape index (κ2) is 4.93. The van der Waals surface area contributed by atoms with Gasteiger partial charge in [0, 0.05) is 12.2 Å². The molecule has 0 spiro atoms. The van der Waals surface area contributed by atoms with Crippen LogP contribution in [-0.2, 0) is 11.8 Å². The molecule has 0 nitrogen and oxygen atoms in total. The monoisotopic (exact) mass is 208 g/mol. The van der Waals surface area contributed by atoms with Gasteiger partial charge in [-0.1, -0.05) is 0 Å². The summed E-state index contributed by atoms with van der Waals surface area (Å²) in [6.45, 7) is 2.37. The van der Waals surface area contributed by atoms with Gasteiger partial charge in [-0.2, -0.15) is 23.5 Å². The highest BCUT2D eigenvalue weighted by atomic mass is 32.2. The molecule has 65 valence electrons. The number of hydrogen-bond acceptors (Lipinski definition) is 3. The normalized spacial score (nSPS) is 37.9. The third-order valence-electron chi connectivity index (χ3n) is 2.08. The molecule has 0 bridgehead atoms. The van der Waals surface area contributed by atoms with Crippen molar-refractivity contribution >= 4 is 35.3 Å². The summed E-state index contributed by atoms with van der Waals surface area (Å²) in [4.78, 5) is 0. The average Bonchev–Trinajstić information content (AvgIpc) is 2.32. The average molecular weight is 208 g/mol. The molecule has 0 N–H and O–H groups in total. The van der Waals surface area contributed by atoms with Gasteiger partial charge >= 0.3 is 0 Å². The second-order valence-electron chi connectivity index (χ2n) is 2.93. The lowest BCUT2D eigenvalue weighted by molar-refractivity contribution is 0.801. The van der Waals surface area contributed by atoms with E-state index in [1.807, 2.05) is 23.5 Å². The van der Waals surface area contributed by atoms with Crippen LogP contribution in [0.4, 0.5) is 0 Å². The molecule has 0 aromatic heterocycles. The largest absolute Gasteiger partial charge is 0.205 e. The molecule has 1 fully saturated rings. The Labute approximate surface area is 82.7 Å². The first-order valence-corrected chi connectivity index (χ1v) is 7.57. The quantitative estimate of drug-likeness (QED) is 0.653. The van der Waals surface area contributed by atoms with Gasteiger partial charge in [0.1, 0.15) is 0 Å². The Hall–Kier alpha value is 1.05. The molecule has 0 aliphatic carbocycles. The maximum Gasteiger partial charge on any atom is 0.205 e. The van der Waals surface area contributed by atoms with Crippen molar-refractivity contribution in [3.8, 4) is 0 Å². The first-order chi connectivity index (χ1) is 5.27. The molecular formula is C8H16S3+. The third-order valence-corrected chi connectivity index (χ3v) is 5.91. The molecule has 0 saturated carbocycles. The molecule has 0 aromatic rings. The van der Waals surface area contributed by atoms with E-state index in [0.717, 1.165) is 15.7 Å². The molecule has 11 heavy (non-hydrogen) atoms. The number of thioether (sulfide) groups is 3. The fourth-order valence-corrected chi connectivity index (χ4v) is 5.38. The Balaban J connectivity index is 2.30. The van der Waals surface area contributed by atoms with Crippen LogP contribution >= 0.6 is 23.5 Å². The minimum Gasteiger partial charge on any atom is -0.160 e. The molecule has 1 rings (SSSR count). The predicted molar refractivity (Wildman–Crippen MR) is 60.9 cm³/mol. The van der Waals surface area contributed by atoms with E-state index in [9.17, 15) is 0 Å². The molecule has 0 aromatic carbocycles. The van der Waals surface area contributed by atoms with E-state index in [-0.39, 0.29) is 0 Å². The van der Waals surface area contributed by atoms with Gasteiger partial charge in [0.2, 0.25) is 11.8 Å². The lowest BCUT2D eigenvalue weighted by atomic mass is 10.2. The maximum atomic E-state index is 2.37. The van der Waals surface area contributed by atoms with Crippen molar-refractivity contribution < 1.29 is 0 Å². The van der Waals surface area contributed by atoms with Crippen LogP contribution in [0.5, 0.6) is 0 Å². The van der Waals surface area contributed by atoms with Crippen molar-refractivity contribution in [2.75, 3.05) is 18.3 Å². The van der Waals surface area contributed by atoms with Crippen LogP contribution in [0.1, 0.15) is 13.3 Å². The summed E-state index contributed by atoms with van der Waals surface area (Å²) in [7, 11) is 0. The van der Waals surface area contributed by atoms with Gasteiger partial charge in [0.15, 0.2) is 10.5 Å². The molecule has 1 aliphatic heterocycles. The molecule has 1 radical (unpaired) electrons. The van der Waals surface area contributed by atoms with E-state index in [0.29, 0.717) is 0 Å². The third kappa shape index (κ3) is 2.78. The van der Waals surface area contributed by atoms with E-state index < -0.39 is 0 Å². The van der Waals surface area contributed by atoms with E-state index >= 15 is 0 Å². The van der Waals surface area contributed by atoms with E-state index in [2.05, 4.69) is 31.2 Å². The minimum atomic E-state index is 0.877. The van der Waals surface area contributed by atoms with Crippen LogP contribution in [0.2, 0.25) is 0 Å². The molecule has 3 atom stereocenters. The molecule has 3 unspecified atom stereocenters. The van der Waals surface area contributed by atoms with Crippen molar-refractivity contribution in [1.29, 1.82) is 0 Å². The standard InChI is InChI=1S/C8H16S3/c1-6-8(10-3)4-7(11-6)5-9-2/h6-8H,4-5H2,1-3H3/q+1. The lowest BCUT2D eigenvalue weighted by Gasteiger charge is -2.02. The van der Waals surface area contributed by atoms with Crippen molar-refractivity contribution in [1.82, 2.24) is 0 Å². The van der Waals surface area contributed by atoms with E-state index in [4.69, 9.17) is 0 Å². The highest BCUT2D eigenvalue weighted by molar-refractivity contribution is 8.01. The molecule has 1 aliphatic rings. The Kier molecular flexibility index (Phi) is 4.54. The van der Waals surface area contributed by atoms with Gasteiger partial charge in [0.25, 0.3) is 0 Å². The highest BCUT2D eigenvalue weighted by Crippen LogP contribution is 2.30. The van der Waals surface area contributed by atoms with Gasteiger partial charge in [-0.3, -0.25) is 0 Å². The van der Waals surface area contributed by atoms with Crippen molar-refractivity contribution in [3.05, 3.63) is 0 Å². The molecule has 3 heteroatoms. The Morgan fingerprint density at radius 2 is 2.18 bits per heavy atom. The topological polar surface area (TPSA) is 0 Å². The Morgan fingerprint density at radius 3 is 2.64 bits per heavy atom. The van der Waals surface area contributed by atoms with Crippen LogP contribution in [-0.4, -0.2) is 34.0 Å². The van der Waals surface area contributed by atoms with Gasteiger partial charge in [-0.25, -0.2) is 0 Å². The van der Waals surface area contributed by atoms with Crippen LogP contribution in [0.25, 0.3) is 0 Å². The fourth-order valence-electron chi connectivity index (χ4n) is 1.48. The van der Waals surface area contributed by atoms with Crippen molar-refractivity contribution in [2.45, 2.75) is 29.1 Å². The second-order valence-corrected chi connectivity index (χ2v) is 6.60. The van der Waals surface area contributed by atoms with Crippen LogP contribution in [0.15, 0.2) is 0 Å². The Morgan fingerprint density at radius 1 is 1.45 bits per heavy atom. The zero-order valence-electron chi connectivity index (χ0n) is 7.37.